The largest absolute Gasteiger partial charge is 0.371 e. The zero-order chi connectivity index (χ0) is 11.6. The first-order chi connectivity index (χ1) is 7.72. The van der Waals surface area contributed by atoms with Crippen molar-refractivity contribution in [1.29, 1.82) is 0 Å². The second-order valence-corrected chi connectivity index (χ2v) is 5.49. The van der Waals surface area contributed by atoms with Crippen LogP contribution in [0.1, 0.15) is 21.0 Å². The molecule has 1 aliphatic heterocycles. The van der Waals surface area contributed by atoms with Crippen LogP contribution in [0.4, 0.5) is 0 Å². The van der Waals surface area contributed by atoms with E-state index in [1.165, 1.54) is 0 Å². The van der Waals surface area contributed by atoms with Crippen molar-refractivity contribution in [3.63, 3.8) is 0 Å². The first-order valence-corrected chi connectivity index (χ1v) is 7.11. The molecule has 1 unspecified atom stereocenters. The Bertz CT molecular complexity index is 385. The van der Waals surface area contributed by atoms with Gasteiger partial charge in [-0.15, -0.1) is 11.3 Å². The zero-order valence-electron chi connectivity index (χ0n) is 9.09. The van der Waals surface area contributed by atoms with Gasteiger partial charge in [-0.1, -0.05) is 15.9 Å². The van der Waals surface area contributed by atoms with Gasteiger partial charge in [0.05, 0.1) is 10.2 Å². The molecule has 1 fully saturated rings. The van der Waals surface area contributed by atoms with Gasteiger partial charge in [-0.25, -0.2) is 0 Å². The van der Waals surface area contributed by atoms with Gasteiger partial charge in [-0.3, -0.25) is 4.79 Å². The summed E-state index contributed by atoms with van der Waals surface area (Å²) in [4.78, 5) is 13.5. The minimum atomic E-state index is -0.227. The Morgan fingerprint density at radius 3 is 3.06 bits per heavy atom. The quantitative estimate of drug-likeness (QED) is 0.684. The number of ketones is 1. The van der Waals surface area contributed by atoms with Crippen molar-refractivity contribution in [2.24, 2.45) is 0 Å². The Balaban J connectivity index is 2.26. The van der Waals surface area contributed by atoms with Crippen LogP contribution in [-0.2, 0) is 10.3 Å². The van der Waals surface area contributed by atoms with Crippen LogP contribution in [0.3, 0.4) is 0 Å². The van der Waals surface area contributed by atoms with Crippen LogP contribution in [0, 0.1) is 0 Å². The molecule has 1 saturated heterocycles. The van der Waals surface area contributed by atoms with Gasteiger partial charge in [0.15, 0.2) is 5.78 Å². The molecule has 1 aliphatic rings. The monoisotopic (exact) mass is 303 g/mol. The Kier molecular flexibility index (Phi) is 3.79. The lowest BCUT2D eigenvalue weighted by atomic mass is 10.0. The standard InChI is InChI=1S/C11H14BrNO2S/c1-15-11(4-5-13-7-11)10-3-2-9(16-10)8(14)6-12/h2-3,13H,4-7H2,1H3. The van der Waals surface area contributed by atoms with Gasteiger partial charge >= 0.3 is 0 Å². The Labute approximate surface area is 107 Å². The number of thiophene rings is 1. The van der Waals surface area contributed by atoms with E-state index in [9.17, 15) is 4.79 Å². The normalized spacial score (nSPS) is 24.9. The maximum Gasteiger partial charge on any atom is 0.183 e. The molecule has 0 radical (unpaired) electrons. The fraction of sp³-hybridized carbons (Fsp3) is 0.545. The van der Waals surface area contributed by atoms with Crippen molar-refractivity contribution in [2.45, 2.75) is 12.0 Å². The topological polar surface area (TPSA) is 38.3 Å². The molecule has 1 aromatic rings. The third-order valence-electron chi connectivity index (χ3n) is 2.96. The van der Waals surface area contributed by atoms with Crippen molar-refractivity contribution in [1.82, 2.24) is 5.32 Å². The second-order valence-electron chi connectivity index (χ2n) is 3.85. The molecule has 1 atom stereocenters. The van der Waals surface area contributed by atoms with Crippen molar-refractivity contribution < 1.29 is 9.53 Å². The summed E-state index contributed by atoms with van der Waals surface area (Å²) in [6.07, 6.45) is 0.964. The average Bonchev–Trinajstić information content (AvgIpc) is 2.96. The van der Waals surface area contributed by atoms with E-state index in [-0.39, 0.29) is 11.4 Å². The molecule has 2 rings (SSSR count). The predicted molar refractivity (Wildman–Crippen MR) is 68.6 cm³/mol. The highest BCUT2D eigenvalue weighted by Crippen LogP contribution is 2.36. The predicted octanol–water partition coefficient (Wildman–Crippen LogP) is 2.16. The Morgan fingerprint density at radius 1 is 1.69 bits per heavy atom. The number of ether oxygens (including phenoxy) is 1. The summed E-state index contributed by atoms with van der Waals surface area (Å²) >= 11 is 4.73. The third kappa shape index (κ3) is 2.09. The molecule has 0 aliphatic carbocycles. The summed E-state index contributed by atoms with van der Waals surface area (Å²) in [6.45, 7) is 1.79. The van der Waals surface area contributed by atoms with Crippen molar-refractivity contribution in [3.05, 3.63) is 21.9 Å². The Morgan fingerprint density at radius 2 is 2.50 bits per heavy atom. The summed E-state index contributed by atoms with van der Waals surface area (Å²) in [5.41, 5.74) is -0.227. The number of carbonyl (C=O) groups is 1. The summed E-state index contributed by atoms with van der Waals surface area (Å²) in [6, 6.07) is 3.90. The van der Waals surface area contributed by atoms with Gasteiger partial charge in [0.1, 0.15) is 5.60 Å². The summed E-state index contributed by atoms with van der Waals surface area (Å²) < 4.78 is 5.64. The number of halogens is 1. The van der Waals surface area contributed by atoms with Crippen LogP contribution in [0.5, 0.6) is 0 Å². The first-order valence-electron chi connectivity index (χ1n) is 5.17. The fourth-order valence-corrected chi connectivity index (χ4v) is 3.58. The maximum atomic E-state index is 11.5. The van der Waals surface area contributed by atoms with Crippen molar-refractivity contribution >= 4 is 33.0 Å². The van der Waals surface area contributed by atoms with E-state index in [2.05, 4.69) is 21.2 Å². The molecule has 0 bridgehead atoms. The Hall–Kier alpha value is -0.230. The van der Waals surface area contributed by atoms with E-state index in [1.54, 1.807) is 18.4 Å². The molecular formula is C11H14BrNO2S. The minimum Gasteiger partial charge on any atom is -0.371 e. The van der Waals surface area contributed by atoms with Gasteiger partial charge < -0.3 is 10.1 Å². The molecule has 88 valence electrons. The van der Waals surface area contributed by atoms with Crippen LogP contribution in [-0.4, -0.2) is 31.3 Å². The smallest absolute Gasteiger partial charge is 0.183 e. The van der Waals surface area contributed by atoms with Crippen LogP contribution in [0.2, 0.25) is 0 Å². The summed E-state index contributed by atoms with van der Waals surface area (Å²) in [7, 11) is 1.73. The van der Waals surface area contributed by atoms with E-state index < -0.39 is 0 Å². The van der Waals surface area contributed by atoms with E-state index in [1.807, 2.05) is 12.1 Å². The number of Topliss-reactive ketones (excluding diaryl/α,β-unsaturated/α-hetero) is 1. The number of alkyl halides is 1. The van der Waals surface area contributed by atoms with E-state index in [0.717, 1.165) is 29.3 Å². The van der Waals surface area contributed by atoms with Crippen LogP contribution < -0.4 is 5.32 Å². The van der Waals surface area contributed by atoms with Gasteiger partial charge in [-0.05, 0) is 25.1 Å². The molecule has 3 nitrogen and oxygen atoms in total. The minimum absolute atomic E-state index is 0.133. The van der Waals surface area contributed by atoms with Crippen molar-refractivity contribution in [3.8, 4) is 0 Å². The molecule has 0 aromatic carbocycles. The molecule has 2 heterocycles. The van der Waals surface area contributed by atoms with Crippen LogP contribution in [0.25, 0.3) is 0 Å². The second kappa shape index (κ2) is 4.96. The molecular weight excluding hydrogens is 290 g/mol. The summed E-state index contributed by atoms with van der Waals surface area (Å²) in [5.74, 6) is 0.133. The van der Waals surface area contributed by atoms with E-state index in [0.29, 0.717) is 5.33 Å². The van der Waals surface area contributed by atoms with Crippen LogP contribution in [0.15, 0.2) is 12.1 Å². The van der Waals surface area contributed by atoms with Gasteiger partial charge in [0, 0.05) is 18.5 Å². The van der Waals surface area contributed by atoms with Gasteiger partial charge in [0.2, 0.25) is 0 Å². The lowest BCUT2D eigenvalue weighted by Crippen LogP contribution is -2.29. The first kappa shape index (κ1) is 12.2. The number of carbonyl (C=O) groups excluding carboxylic acids is 1. The number of methoxy groups -OCH3 is 1. The summed E-state index contributed by atoms with van der Waals surface area (Å²) in [5, 5.41) is 3.68. The van der Waals surface area contributed by atoms with Gasteiger partial charge in [-0.2, -0.15) is 0 Å². The molecule has 5 heteroatoms. The highest BCUT2D eigenvalue weighted by atomic mass is 79.9. The lowest BCUT2D eigenvalue weighted by Gasteiger charge is -2.25. The van der Waals surface area contributed by atoms with Gasteiger partial charge in [0.25, 0.3) is 0 Å². The number of nitrogens with one attached hydrogen (secondary N) is 1. The number of hydrogen-bond acceptors (Lipinski definition) is 4. The molecule has 16 heavy (non-hydrogen) atoms. The van der Waals surface area contributed by atoms with Crippen molar-refractivity contribution in [2.75, 3.05) is 25.5 Å². The molecule has 0 saturated carbocycles. The van der Waals surface area contributed by atoms with E-state index in [4.69, 9.17) is 4.74 Å². The fourth-order valence-electron chi connectivity index (χ4n) is 1.95. The van der Waals surface area contributed by atoms with Crippen LogP contribution >= 0.6 is 27.3 Å². The lowest BCUT2D eigenvalue weighted by molar-refractivity contribution is 0.00640. The highest BCUT2D eigenvalue weighted by Gasteiger charge is 2.37. The number of hydrogen-bond donors (Lipinski definition) is 1. The molecule has 0 spiro atoms. The maximum absolute atomic E-state index is 11.5. The highest BCUT2D eigenvalue weighted by molar-refractivity contribution is 9.09. The average molecular weight is 304 g/mol. The SMILES string of the molecule is COC1(c2ccc(C(=O)CBr)s2)CCNC1. The number of rotatable bonds is 4. The molecule has 1 N–H and O–H groups in total. The van der Waals surface area contributed by atoms with E-state index >= 15 is 0 Å². The zero-order valence-corrected chi connectivity index (χ0v) is 11.5. The molecule has 1 aromatic heterocycles. The third-order valence-corrected chi connectivity index (χ3v) is 4.78. The molecule has 0 amide bonds.